The van der Waals surface area contributed by atoms with Gasteiger partial charge in [0.05, 0.1) is 6.04 Å². The fourth-order valence-corrected chi connectivity index (χ4v) is 5.96. The van der Waals surface area contributed by atoms with Crippen molar-refractivity contribution >= 4 is 22.7 Å². The SMILES string of the molecule is CC(C)CC(C(=O)NCCC1=CCCCC1)N1C(=O)c2ccccc2C1c1cn(C)c2ccccc12. The topological polar surface area (TPSA) is 54.3 Å². The van der Waals surface area contributed by atoms with Crippen LogP contribution in [-0.2, 0) is 11.8 Å². The maximum atomic E-state index is 13.9. The van der Waals surface area contributed by atoms with Crippen LogP contribution in [-0.4, -0.2) is 33.9 Å². The number of aryl methyl sites for hydroxylation is 1. The van der Waals surface area contributed by atoms with E-state index in [1.54, 1.807) is 0 Å². The molecule has 1 aromatic heterocycles. The van der Waals surface area contributed by atoms with Gasteiger partial charge in [-0.3, -0.25) is 9.59 Å². The van der Waals surface area contributed by atoms with Crippen molar-refractivity contribution in [3.63, 3.8) is 0 Å². The second kappa shape index (κ2) is 10.3. The second-order valence-corrected chi connectivity index (χ2v) is 10.7. The van der Waals surface area contributed by atoms with E-state index < -0.39 is 6.04 Å². The summed E-state index contributed by atoms with van der Waals surface area (Å²) in [5, 5.41) is 4.31. The smallest absolute Gasteiger partial charge is 0.255 e. The quantitative estimate of drug-likeness (QED) is 0.391. The molecular formula is C31H37N3O2. The lowest BCUT2D eigenvalue weighted by molar-refractivity contribution is -0.126. The fraction of sp³-hybridized carbons (Fsp3) is 0.419. The molecule has 2 aliphatic rings. The van der Waals surface area contributed by atoms with E-state index in [2.05, 4.69) is 48.1 Å². The van der Waals surface area contributed by atoms with Crippen LogP contribution in [0.2, 0.25) is 0 Å². The van der Waals surface area contributed by atoms with Gasteiger partial charge in [-0.1, -0.05) is 61.9 Å². The molecule has 36 heavy (non-hydrogen) atoms. The third kappa shape index (κ3) is 4.59. The van der Waals surface area contributed by atoms with Crippen LogP contribution in [0, 0.1) is 5.92 Å². The number of nitrogens with one attached hydrogen (secondary N) is 1. The van der Waals surface area contributed by atoms with Crippen molar-refractivity contribution in [2.75, 3.05) is 6.54 Å². The predicted octanol–water partition coefficient (Wildman–Crippen LogP) is 6.14. The van der Waals surface area contributed by atoms with Gasteiger partial charge in [-0.15, -0.1) is 0 Å². The van der Waals surface area contributed by atoms with E-state index in [-0.39, 0.29) is 23.8 Å². The number of nitrogens with zero attached hydrogens (tertiary/aromatic N) is 2. The molecule has 0 radical (unpaired) electrons. The minimum atomic E-state index is -0.533. The zero-order chi connectivity index (χ0) is 25.2. The van der Waals surface area contributed by atoms with Crippen molar-refractivity contribution in [2.45, 2.75) is 64.5 Å². The molecule has 0 saturated heterocycles. The summed E-state index contributed by atoms with van der Waals surface area (Å²) < 4.78 is 2.11. The Bertz CT molecular complexity index is 1300. The molecule has 5 heteroatoms. The number of para-hydroxylation sites is 1. The number of hydrogen-bond donors (Lipinski definition) is 1. The van der Waals surface area contributed by atoms with Gasteiger partial charge in [-0.2, -0.15) is 0 Å². The van der Waals surface area contributed by atoms with Gasteiger partial charge in [-0.25, -0.2) is 0 Å². The monoisotopic (exact) mass is 483 g/mol. The summed E-state index contributed by atoms with van der Waals surface area (Å²) in [5.74, 6) is 0.164. The Hall–Kier alpha value is -3.34. The number of benzene rings is 2. The Morgan fingerprint density at radius 1 is 1.06 bits per heavy atom. The van der Waals surface area contributed by atoms with Crippen molar-refractivity contribution < 1.29 is 9.59 Å². The molecule has 2 aromatic carbocycles. The molecule has 2 heterocycles. The highest BCUT2D eigenvalue weighted by molar-refractivity contribution is 6.03. The Kier molecular flexibility index (Phi) is 6.99. The lowest BCUT2D eigenvalue weighted by Crippen LogP contribution is -2.49. The van der Waals surface area contributed by atoms with Gasteiger partial charge >= 0.3 is 0 Å². The van der Waals surface area contributed by atoms with E-state index in [0.717, 1.165) is 41.3 Å². The van der Waals surface area contributed by atoms with Crippen molar-refractivity contribution in [3.05, 3.63) is 83.1 Å². The van der Waals surface area contributed by atoms with E-state index in [1.807, 2.05) is 48.3 Å². The van der Waals surface area contributed by atoms with Gasteiger partial charge in [0.15, 0.2) is 0 Å². The number of fused-ring (bicyclic) bond motifs is 2. The van der Waals surface area contributed by atoms with Crippen LogP contribution >= 0.6 is 0 Å². The zero-order valence-corrected chi connectivity index (χ0v) is 21.7. The summed E-state index contributed by atoms with van der Waals surface area (Å²) in [5.41, 5.74) is 5.31. The van der Waals surface area contributed by atoms with E-state index in [0.29, 0.717) is 18.5 Å². The first-order valence-corrected chi connectivity index (χ1v) is 13.4. The van der Waals surface area contributed by atoms with E-state index in [1.165, 1.54) is 18.4 Å². The molecule has 2 amide bonds. The fourth-order valence-electron chi connectivity index (χ4n) is 5.96. The first-order valence-electron chi connectivity index (χ1n) is 13.4. The van der Waals surface area contributed by atoms with E-state index in [9.17, 15) is 9.59 Å². The molecule has 1 aliphatic heterocycles. The van der Waals surface area contributed by atoms with Gasteiger partial charge in [0.2, 0.25) is 5.91 Å². The van der Waals surface area contributed by atoms with Crippen LogP contribution in [0.5, 0.6) is 0 Å². The summed E-state index contributed by atoms with van der Waals surface area (Å²) in [6.45, 7) is 4.86. The largest absolute Gasteiger partial charge is 0.354 e. The average molecular weight is 484 g/mol. The first kappa shape index (κ1) is 24.4. The van der Waals surface area contributed by atoms with Crippen LogP contribution in [0.3, 0.4) is 0 Å². The third-order valence-electron chi connectivity index (χ3n) is 7.68. The molecule has 0 fully saturated rings. The van der Waals surface area contributed by atoms with Crippen LogP contribution < -0.4 is 5.32 Å². The van der Waals surface area contributed by atoms with Gasteiger partial charge in [-0.05, 0) is 62.1 Å². The molecule has 0 bridgehead atoms. The second-order valence-electron chi connectivity index (χ2n) is 10.7. The summed E-state index contributed by atoms with van der Waals surface area (Å²) in [7, 11) is 2.04. The number of hydrogen-bond acceptors (Lipinski definition) is 2. The van der Waals surface area contributed by atoms with Gasteiger partial charge < -0.3 is 14.8 Å². The molecule has 2 unspecified atom stereocenters. The highest BCUT2D eigenvalue weighted by Gasteiger charge is 2.44. The minimum Gasteiger partial charge on any atom is -0.354 e. The summed E-state index contributed by atoms with van der Waals surface area (Å²) in [4.78, 5) is 29.5. The maximum absolute atomic E-state index is 13.9. The zero-order valence-electron chi connectivity index (χ0n) is 21.7. The Morgan fingerprint density at radius 2 is 1.83 bits per heavy atom. The predicted molar refractivity (Wildman–Crippen MR) is 145 cm³/mol. The number of carbonyl (C=O) groups excluding carboxylic acids is 2. The minimum absolute atomic E-state index is 0.0495. The molecule has 188 valence electrons. The van der Waals surface area contributed by atoms with Crippen LogP contribution in [0.15, 0.2) is 66.4 Å². The Morgan fingerprint density at radius 3 is 2.61 bits per heavy atom. The summed E-state index contributed by atoms with van der Waals surface area (Å²) >= 11 is 0. The number of rotatable bonds is 8. The molecular weight excluding hydrogens is 446 g/mol. The lowest BCUT2D eigenvalue weighted by Gasteiger charge is -2.34. The first-order chi connectivity index (χ1) is 17.5. The number of carbonyl (C=O) groups is 2. The molecule has 3 aromatic rings. The van der Waals surface area contributed by atoms with Crippen LogP contribution in [0.25, 0.3) is 10.9 Å². The van der Waals surface area contributed by atoms with Gasteiger partial charge in [0.1, 0.15) is 6.04 Å². The van der Waals surface area contributed by atoms with E-state index in [4.69, 9.17) is 0 Å². The van der Waals surface area contributed by atoms with Crippen molar-refractivity contribution in [2.24, 2.45) is 13.0 Å². The Labute approximate surface area is 214 Å². The van der Waals surface area contributed by atoms with Crippen molar-refractivity contribution in [1.82, 2.24) is 14.8 Å². The third-order valence-corrected chi connectivity index (χ3v) is 7.68. The number of aromatic nitrogens is 1. The molecule has 5 rings (SSSR count). The molecule has 1 aliphatic carbocycles. The summed E-state index contributed by atoms with van der Waals surface area (Å²) in [6.07, 6.45) is 10.7. The van der Waals surface area contributed by atoms with Gasteiger partial charge in [0, 0.05) is 41.8 Å². The van der Waals surface area contributed by atoms with Crippen molar-refractivity contribution in [3.8, 4) is 0 Å². The molecule has 1 N–H and O–H groups in total. The average Bonchev–Trinajstić information content (AvgIpc) is 3.37. The Balaban J connectivity index is 1.50. The molecule has 2 atom stereocenters. The number of allylic oxidation sites excluding steroid dienone is 1. The molecule has 0 spiro atoms. The van der Waals surface area contributed by atoms with Gasteiger partial charge in [0.25, 0.3) is 5.91 Å². The van der Waals surface area contributed by atoms with E-state index >= 15 is 0 Å². The summed E-state index contributed by atoms with van der Waals surface area (Å²) in [6, 6.07) is 15.3. The standard InChI is InChI=1S/C31H37N3O2/c1-21(2)19-28(30(35)32-18-17-22-11-5-4-6-12-22)34-29(24-14-7-8-15-25(24)31(34)36)26-20-33(3)27-16-10-9-13-23(26)27/h7-11,13-16,20-21,28-29H,4-6,12,17-19H2,1-3H3,(H,32,35). The highest BCUT2D eigenvalue weighted by Crippen LogP contribution is 2.43. The molecule has 0 saturated carbocycles. The van der Waals surface area contributed by atoms with Crippen molar-refractivity contribution in [1.29, 1.82) is 0 Å². The molecule has 5 nitrogen and oxygen atoms in total. The lowest BCUT2D eigenvalue weighted by atomic mass is 9.95. The normalized spacial score (nSPS) is 18.4. The maximum Gasteiger partial charge on any atom is 0.255 e. The number of amides is 2. The van der Waals surface area contributed by atoms with Crippen LogP contribution in [0.4, 0.5) is 0 Å². The van der Waals surface area contributed by atoms with Crippen LogP contribution in [0.1, 0.15) is 79.9 Å². The highest BCUT2D eigenvalue weighted by atomic mass is 16.2.